The van der Waals surface area contributed by atoms with Gasteiger partial charge in [-0.3, -0.25) is 14.9 Å². The fourth-order valence-electron chi connectivity index (χ4n) is 2.65. The first-order chi connectivity index (χ1) is 9.47. The van der Waals surface area contributed by atoms with E-state index < -0.39 is 10.5 Å². The van der Waals surface area contributed by atoms with Gasteiger partial charge in [0.2, 0.25) is 0 Å². The molecule has 0 heterocycles. The average molecular weight is 278 g/mol. The van der Waals surface area contributed by atoms with Crippen LogP contribution in [0.2, 0.25) is 0 Å². The zero-order valence-corrected chi connectivity index (χ0v) is 11.4. The highest BCUT2D eigenvalue weighted by molar-refractivity contribution is 5.96. The minimum atomic E-state index is -0.575. The monoisotopic (exact) mass is 278 g/mol. The topological polar surface area (TPSA) is 92.5 Å². The summed E-state index contributed by atoms with van der Waals surface area (Å²) >= 11 is 0. The van der Waals surface area contributed by atoms with E-state index in [-0.39, 0.29) is 18.2 Å². The molecule has 20 heavy (non-hydrogen) atoms. The zero-order valence-electron chi connectivity index (χ0n) is 11.4. The van der Waals surface area contributed by atoms with Gasteiger partial charge in [-0.1, -0.05) is 18.9 Å². The molecule has 1 aliphatic carbocycles. The highest BCUT2D eigenvalue weighted by Crippen LogP contribution is 2.30. The van der Waals surface area contributed by atoms with Gasteiger partial charge in [-0.05, 0) is 25.3 Å². The van der Waals surface area contributed by atoms with E-state index in [0.717, 1.165) is 25.7 Å². The summed E-state index contributed by atoms with van der Waals surface area (Å²) in [5.74, 6) is -0.359. The molecular weight excluding hydrogens is 260 g/mol. The number of carbonyl (C=O) groups is 1. The third-order valence-electron chi connectivity index (χ3n) is 3.92. The molecule has 0 saturated heterocycles. The molecule has 1 aliphatic rings. The number of nitrogens with one attached hydrogen (secondary N) is 1. The molecule has 0 aliphatic heterocycles. The van der Waals surface area contributed by atoms with Crippen LogP contribution >= 0.6 is 0 Å². The molecule has 0 aromatic heterocycles. The van der Waals surface area contributed by atoms with Crippen molar-refractivity contribution in [2.24, 2.45) is 0 Å². The molecule has 2 rings (SSSR count). The maximum Gasteiger partial charge on any atom is 0.270 e. The van der Waals surface area contributed by atoms with E-state index in [1.807, 2.05) is 0 Å². The molecule has 1 saturated carbocycles. The summed E-state index contributed by atoms with van der Waals surface area (Å²) in [5, 5.41) is 23.1. The summed E-state index contributed by atoms with van der Waals surface area (Å²) in [6.07, 6.45) is 3.41. The second-order valence-electron chi connectivity index (χ2n) is 5.36. The lowest BCUT2D eigenvalue weighted by Crippen LogP contribution is -2.49. The highest BCUT2D eigenvalue weighted by atomic mass is 16.6. The van der Waals surface area contributed by atoms with Gasteiger partial charge in [0.25, 0.3) is 11.6 Å². The Morgan fingerprint density at radius 2 is 2.10 bits per heavy atom. The van der Waals surface area contributed by atoms with Crippen molar-refractivity contribution in [3.05, 3.63) is 39.4 Å². The first-order valence-corrected chi connectivity index (χ1v) is 6.66. The number of amides is 1. The minimum absolute atomic E-state index is 0.104. The van der Waals surface area contributed by atoms with E-state index in [2.05, 4.69) is 5.32 Å². The molecule has 0 radical (unpaired) electrons. The molecular formula is C14H18N2O4. The normalized spacial score (nSPS) is 16.9. The molecule has 6 heteroatoms. The van der Waals surface area contributed by atoms with E-state index in [9.17, 15) is 20.0 Å². The lowest BCUT2D eigenvalue weighted by molar-refractivity contribution is -0.384. The van der Waals surface area contributed by atoms with Gasteiger partial charge in [0.1, 0.15) is 0 Å². The largest absolute Gasteiger partial charge is 0.394 e. The Balaban J connectivity index is 2.24. The Hall–Kier alpha value is -1.95. The number of aryl methyl sites for hydroxylation is 1. The summed E-state index contributed by atoms with van der Waals surface area (Å²) in [7, 11) is 0. The Bertz CT molecular complexity index is 536. The SMILES string of the molecule is Cc1ccc([N+](=O)[O-])cc1C(=O)NC1(CO)CCCC1. The fraction of sp³-hybridized carbons (Fsp3) is 0.500. The van der Waals surface area contributed by atoms with Crippen LogP contribution in [0, 0.1) is 17.0 Å². The number of aliphatic hydroxyl groups excluding tert-OH is 1. The predicted molar refractivity (Wildman–Crippen MR) is 73.6 cm³/mol. The van der Waals surface area contributed by atoms with E-state index in [0.29, 0.717) is 11.1 Å². The summed E-state index contributed by atoms with van der Waals surface area (Å²) in [5.41, 5.74) is 0.289. The van der Waals surface area contributed by atoms with Gasteiger partial charge in [-0.2, -0.15) is 0 Å². The predicted octanol–water partition coefficient (Wildman–Crippen LogP) is 1.94. The number of hydrogen-bond acceptors (Lipinski definition) is 4. The lowest BCUT2D eigenvalue weighted by atomic mass is 9.97. The quantitative estimate of drug-likeness (QED) is 0.650. The molecule has 0 unspecified atom stereocenters. The van der Waals surface area contributed by atoms with Crippen LogP contribution in [-0.4, -0.2) is 28.1 Å². The average Bonchev–Trinajstić information content (AvgIpc) is 2.88. The number of hydrogen-bond donors (Lipinski definition) is 2. The minimum Gasteiger partial charge on any atom is -0.394 e. The zero-order chi connectivity index (χ0) is 14.8. The smallest absolute Gasteiger partial charge is 0.270 e. The van der Waals surface area contributed by atoms with E-state index >= 15 is 0 Å². The fourth-order valence-corrected chi connectivity index (χ4v) is 2.65. The van der Waals surface area contributed by atoms with E-state index in [1.165, 1.54) is 12.1 Å². The number of nitro benzene ring substituents is 1. The molecule has 1 amide bonds. The van der Waals surface area contributed by atoms with Gasteiger partial charge in [-0.15, -0.1) is 0 Å². The Morgan fingerprint density at radius 1 is 1.45 bits per heavy atom. The molecule has 6 nitrogen and oxygen atoms in total. The van der Waals surface area contributed by atoms with Gasteiger partial charge in [0, 0.05) is 17.7 Å². The number of nitro groups is 1. The molecule has 0 bridgehead atoms. The molecule has 1 aromatic carbocycles. The van der Waals surface area contributed by atoms with Crippen LogP contribution in [0.15, 0.2) is 18.2 Å². The van der Waals surface area contributed by atoms with Crippen LogP contribution in [0.25, 0.3) is 0 Å². The van der Waals surface area contributed by atoms with Crippen LogP contribution in [0.1, 0.15) is 41.6 Å². The van der Waals surface area contributed by atoms with Gasteiger partial charge < -0.3 is 10.4 Å². The second kappa shape index (κ2) is 5.58. The van der Waals surface area contributed by atoms with Gasteiger partial charge in [0.05, 0.1) is 17.1 Å². The van der Waals surface area contributed by atoms with Crippen molar-refractivity contribution in [1.29, 1.82) is 0 Å². The van der Waals surface area contributed by atoms with Crippen molar-refractivity contribution in [2.75, 3.05) is 6.61 Å². The van der Waals surface area contributed by atoms with E-state index in [4.69, 9.17) is 0 Å². The number of rotatable bonds is 4. The summed E-state index contributed by atoms with van der Waals surface area (Å²) in [6.45, 7) is 1.63. The molecule has 1 fully saturated rings. The second-order valence-corrected chi connectivity index (χ2v) is 5.36. The number of aliphatic hydroxyl groups is 1. The molecule has 0 atom stereocenters. The van der Waals surface area contributed by atoms with Crippen LogP contribution < -0.4 is 5.32 Å². The van der Waals surface area contributed by atoms with Crippen molar-refractivity contribution in [3.63, 3.8) is 0 Å². The van der Waals surface area contributed by atoms with Crippen LogP contribution in [0.4, 0.5) is 5.69 Å². The summed E-state index contributed by atoms with van der Waals surface area (Å²) in [6, 6.07) is 4.22. The number of non-ortho nitro benzene ring substituents is 1. The molecule has 108 valence electrons. The standard InChI is InChI=1S/C14H18N2O4/c1-10-4-5-11(16(19)20)8-12(10)13(18)15-14(9-17)6-2-3-7-14/h4-5,8,17H,2-3,6-7,9H2,1H3,(H,15,18). The summed E-state index contributed by atoms with van der Waals surface area (Å²) < 4.78 is 0. The van der Waals surface area contributed by atoms with Gasteiger partial charge in [0.15, 0.2) is 0 Å². The third-order valence-corrected chi connectivity index (χ3v) is 3.92. The Labute approximate surface area is 117 Å². The lowest BCUT2D eigenvalue weighted by Gasteiger charge is -2.28. The van der Waals surface area contributed by atoms with E-state index in [1.54, 1.807) is 13.0 Å². The van der Waals surface area contributed by atoms with Crippen LogP contribution in [0.5, 0.6) is 0 Å². The first kappa shape index (κ1) is 14.5. The number of carbonyl (C=O) groups excluding carboxylic acids is 1. The van der Waals surface area contributed by atoms with Crippen molar-refractivity contribution < 1.29 is 14.8 Å². The Kier molecular flexibility index (Phi) is 4.04. The molecule has 0 spiro atoms. The number of nitrogens with zero attached hydrogens (tertiary/aromatic N) is 1. The van der Waals surface area contributed by atoms with Crippen molar-refractivity contribution in [2.45, 2.75) is 38.1 Å². The summed E-state index contributed by atoms with van der Waals surface area (Å²) in [4.78, 5) is 22.6. The van der Waals surface area contributed by atoms with Crippen LogP contribution in [0.3, 0.4) is 0 Å². The number of benzene rings is 1. The van der Waals surface area contributed by atoms with Crippen molar-refractivity contribution in [3.8, 4) is 0 Å². The van der Waals surface area contributed by atoms with Gasteiger partial charge in [-0.25, -0.2) is 0 Å². The van der Waals surface area contributed by atoms with Crippen molar-refractivity contribution >= 4 is 11.6 Å². The molecule has 2 N–H and O–H groups in total. The van der Waals surface area contributed by atoms with Gasteiger partial charge >= 0.3 is 0 Å². The first-order valence-electron chi connectivity index (χ1n) is 6.66. The maximum atomic E-state index is 12.3. The Morgan fingerprint density at radius 3 is 2.65 bits per heavy atom. The highest BCUT2D eigenvalue weighted by Gasteiger charge is 2.35. The molecule has 1 aromatic rings. The van der Waals surface area contributed by atoms with Crippen LogP contribution in [-0.2, 0) is 0 Å². The third kappa shape index (κ3) is 2.80. The van der Waals surface area contributed by atoms with Crippen molar-refractivity contribution in [1.82, 2.24) is 5.32 Å². The maximum absolute atomic E-state index is 12.3.